The molecule has 3 rings (SSSR count). The second-order valence-electron chi connectivity index (χ2n) is 5.13. The molecular weight excluding hydrogens is 266 g/mol. The Bertz CT molecular complexity index is 654. The number of benzene rings is 2. The molecule has 0 fully saturated rings. The molecule has 0 saturated heterocycles. The molecule has 108 valence electrons. The first-order chi connectivity index (χ1) is 10.2. The van der Waals surface area contributed by atoms with E-state index in [1.165, 1.54) is 0 Å². The fourth-order valence-corrected chi connectivity index (χ4v) is 2.48. The van der Waals surface area contributed by atoms with Crippen molar-refractivity contribution >= 4 is 11.6 Å². The average Bonchev–Trinajstić information content (AvgIpc) is 2.52. The lowest BCUT2D eigenvalue weighted by molar-refractivity contribution is -0.125. The van der Waals surface area contributed by atoms with Crippen LogP contribution in [0.4, 0.5) is 5.69 Å². The van der Waals surface area contributed by atoms with Crippen LogP contribution in [0.3, 0.4) is 0 Å². The maximum Gasteiger partial charge on any atom is 0.268 e. The van der Waals surface area contributed by atoms with Gasteiger partial charge in [0.1, 0.15) is 5.75 Å². The molecule has 21 heavy (non-hydrogen) atoms. The van der Waals surface area contributed by atoms with Crippen LogP contribution in [0.5, 0.6) is 5.75 Å². The number of amides is 1. The Labute approximate surface area is 123 Å². The zero-order chi connectivity index (χ0) is 14.8. The third-order valence-corrected chi connectivity index (χ3v) is 3.60. The van der Waals surface area contributed by atoms with Crippen LogP contribution in [0.1, 0.15) is 18.1 Å². The smallest absolute Gasteiger partial charge is 0.268 e. The van der Waals surface area contributed by atoms with Gasteiger partial charge in [0.15, 0.2) is 6.10 Å². The SMILES string of the molecule is CC1Oc2cc(CO)ccc2N(Cc2ccccc2)C1=O. The summed E-state index contributed by atoms with van der Waals surface area (Å²) in [4.78, 5) is 14.1. The Kier molecular flexibility index (Phi) is 3.62. The molecule has 0 saturated carbocycles. The maximum absolute atomic E-state index is 12.4. The van der Waals surface area contributed by atoms with E-state index in [0.29, 0.717) is 12.3 Å². The second kappa shape index (κ2) is 5.58. The van der Waals surface area contributed by atoms with Crippen molar-refractivity contribution in [3.63, 3.8) is 0 Å². The van der Waals surface area contributed by atoms with Gasteiger partial charge in [-0.25, -0.2) is 0 Å². The van der Waals surface area contributed by atoms with E-state index in [2.05, 4.69) is 0 Å². The van der Waals surface area contributed by atoms with Crippen LogP contribution < -0.4 is 9.64 Å². The molecule has 0 bridgehead atoms. The molecule has 1 unspecified atom stereocenters. The van der Waals surface area contributed by atoms with Gasteiger partial charge in [-0.3, -0.25) is 4.79 Å². The number of nitrogens with zero attached hydrogens (tertiary/aromatic N) is 1. The summed E-state index contributed by atoms with van der Waals surface area (Å²) in [5.41, 5.74) is 2.59. The summed E-state index contributed by atoms with van der Waals surface area (Å²) in [5, 5.41) is 9.22. The van der Waals surface area contributed by atoms with E-state index in [0.717, 1.165) is 16.8 Å². The monoisotopic (exact) mass is 283 g/mol. The summed E-state index contributed by atoms with van der Waals surface area (Å²) < 4.78 is 5.65. The van der Waals surface area contributed by atoms with Crippen LogP contribution in [0.15, 0.2) is 48.5 Å². The van der Waals surface area contributed by atoms with Gasteiger partial charge < -0.3 is 14.7 Å². The Balaban J connectivity index is 1.98. The molecule has 1 aliphatic heterocycles. The Morgan fingerprint density at radius 2 is 1.90 bits per heavy atom. The zero-order valence-electron chi connectivity index (χ0n) is 11.8. The predicted octanol–water partition coefficient (Wildman–Crippen LogP) is 2.49. The summed E-state index contributed by atoms with van der Waals surface area (Å²) in [6, 6.07) is 15.3. The molecule has 0 aliphatic carbocycles. The molecule has 2 aromatic carbocycles. The Hall–Kier alpha value is -2.33. The van der Waals surface area contributed by atoms with Crippen molar-refractivity contribution in [2.24, 2.45) is 0 Å². The fraction of sp³-hybridized carbons (Fsp3) is 0.235. The lowest BCUT2D eigenvalue weighted by Gasteiger charge is -2.33. The van der Waals surface area contributed by atoms with Crippen LogP contribution >= 0.6 is 0 Å². The van der Waals surface area contributed by atoms with E-state index in [9.17, 15) is 9.90 Å². The quantitative estimate of drug-likeness (QED) is 0.941. The predicted molar refractivity (Wildman–Crippen MR) is 80.1 cm³/mol. The Morgan fingerprint density at radius 3 is 2.62 bits per heavy atom. The van der Waals surface area contributed by atoms with Gasteiger partial charge in [0.25, 0.3) is 5.91 Å². The number of anilines is 1. The molecule has 4 heteroatoms. The van der Waals surface area contributed by atoms with Crippen molar-refractivity contribution in [2.75, 3.05) is 4.90 Å². The number of hydrogen-bond donors (Lipinski definition) is 1. The first kappa shape index (κ1) is 13.6. The number of aliphatic hydroxyl groups is 1. The summed E-state index contributed by atoms with van der Waals surface area (Å²) in [7, 11) is 0. The number of fused-ring (bicyclic) bond motifs is 1. The van der Waals surface area contributed by atoms with Gasteiger partial charge >= 0.3 is 0 Å². The molecule has 1 N–H and O–H groups in total. The summed E-state index contributed by atoms with van der Waals surface area (Å²) >= 11 is 0. The maximum atomic E-state index is 12.4. The van der Waals surface area contributed by atoms with Crippen molar-refractivity contribution in [3.05, 3.63) is 59.7 Å². The number of rotatable bonds is 3. The number of ether oxygens (including phenoxy) is 1. The van der Waals surface area contributed by atoms with Gasteiger partial charge in [-0.15, -0.1) is 0 Å². The molecule has 2 aromatic rings. The van der Waals surface area contributed by atoms with Crippen molar-refractivity contribution in [2.45, 2.75) is 26.2 Å². The Morgan fingerprint density at radius 1 is 1.14 bits per heavy atom. The molecule has 0 radical (unpaired) electrons. The van der Waals surface area contributed by atoms with Crippen LogP contribution in [-0.2, 0) is 17.9 Å². The van der Waals surface area contributed by atoms with Crippen molar-refractivity contribution < 1.29 is 14.6 Å². The van der Waals surface area contributed by atoms with E-state index in [1.807, 2.05) is 42.5 Å². The largest absolute Gasteiger partial charge is 0.479 e. The average molecular weight is 283 g/mol. The minimum absolute atomic E-state index is 0.0440. The third-order valence-electron chi connectivity index (χ3n) is 3.60. The van der Waals surface area contributed by atoms with Crippen LogP contribution in [0, 0.1) is 0 Å². The molecule has 1 amide bonds. The molecule has 1 heterocycles. The molecule has 0 aromatic heterocycles. The molecule has 0 spiro atoms. The minimum Gasteiger partial charge on any atom is -0.479 e. The normalized spacial score (nSPS) is 17.3. The highest BCUT2D eigenvalue weighted by molar-refractivity contribution is 5.99. The van der Waals surface area contributed by atoms with Gasteiger partial charge in [-0.2, -0.15) is 0 Å². The van der Waals surface area contributed by atoms with E-state index < -0.39 is 6.10 Å². The van der Waals surface area contributed by atoms with Crippen LogP contribution in [-0.4, -0.2) is 17.1 Å². The first-order valence-corrected chi connectivity index (χ1v) is 6.95. The molecule has 1 atom stereocenters. The van der Waals surface area contributed by atoms with Gasteiger partial charge in [-0.1, -0.05) is 36.4 Å². The number of aliphatic hydroxyl groups excluding tert-OH is 1. The van der Waals surface area contributed by atoms with Crippen molar-refractivity contribution in [1.29, 1.82) is 0 Å². The van der Waals surface area contributed by atoms with Crippen LogP contribution in [0.25, 0.3) is 0 Å². The van der Waals surface area contributed by atoms with Crippen LogP contribution in [0.2, 0.25) is 0 Å². The van der Waals surface area contributed by atoms with Gasteiger partial charge in [0, 0.05) is 0 Å². The van der Waals surface area contributed by atoms with E-state index in [-0.39, 0.29) is 12.5 Å². The minimum atomic E-state index is -0.518. The van der Waals surface area contributed by atoms with E-state index in [1.54, 1.807) is 17.9 Å². The second-order valence-corrected chi connectivity index (χ2v) is 5.13. The van der Waals surface area contributed by atoms with Gasteiger partial charge in [-0.05, 0) is 30.2 Å². The van der Waals surface area contributed by atoms with Gasteiger partial charge in [0.05, 0.1) is 18.8 Å². The molecule has 4 nitrogen and oxygen atoms in total. The molecule has 1 aliphatic rings. The number of carbonyl (C=O) groups is 1. The summed E-state index contributed by atoms with van der Waals surface area (Å²) in [5.74, 6) is 0.590. The highest BCUT2D eigenvalue weighted by Crippen LogP contribution is 2.35. The van der Waals surface area contributed by atoms with Crippen molar-refractivity contribution in [3.8, 4) is 5.75 Å². The number of carbonyl (C=O) groups excluding carboxylic acids is 1. The van der Waals surface area contributed by atoms with E-state index in [4.69, 9.17) is 4.74 Å². The topological polar surface area (TPSA) is 49.8 Å². The van der Waals surface area contributed by atoms with Gasteiger partial charge in [0.2, 0.25) is 0 Å². The van der Waals surface area contributed by atoms with Crippen molar-refractivity contribution in [1.82, 2.24) is 0 Å². The summed E-state index contributed by atoms with van der Waals surface area (Å²) in [6.45, 7) is 2.21. The molecular formula is C17H17NO3. The highest BCUT2D eigenvalue weighted by Gasteiger charge is 2.31. The lowest BCUT2D eigenvalue weighted by atomic mass is 10.1. The summed E-state index contributed by atoms with van der Waals surface area (Å²) in [6.07, 6.45) is -0.518. The number of hydrogen-bond acceptors (Lipinski definition) is 3. The standard InChI is InChI=1S/C17H17NO3/c1-12-17(20)18(10-13-5-3-2-4-6-13)15-8-7-14(11-19)9-16(15)21-12/h2-9,12,19H,10-11H2,1H3. The first-order valence-electron chi connectivity index (χ1n) is 6.95. The fourth-order valence-electron chi connectivity index (χ4n) is 2.48. The zero-order valence-corrected chi connectivity index (χ0v) is 11.8. The lowest BCUT2D eigenvalue weighted by Crippen LogP contribution is -2.44. The van der Waals surface area contributed by atoms with E-state index >= 15 is 0 Å². The highest BCUT2D eigenvalue weighted by atomic mass is 16.5. The third kappa shape index (κ3) is 2.62.